The van der Waals surface area contributed by atoms with E-state index in [0.717, 1.165) is 25.9 Å². The monoisotopic (exact) mass is 411 g/mol. The molecule has 1 aromatic rings. The fraction of sp³-hybridized carbons (Fsp3) is 0.600. The van der Waals surface area contributed by atoms with Gasteiger partial charge in [0, 0.05) is 37.7 Å². The van der Waals surface area contributed by atoms with Crippen molar-refractivity contribution < 1.29 is 19.1 Å². The van der Waals surface area contributed by atoms with Crippen LogP contribution in [0.5, 0.6) is 11.5 Å². The molecular weight excluding hydrogens is 382 g/mol. The van der Waals surface area contributed by atoms with Crippen molar-refractivity contribution in [3.8, 4) is 11.5 Å². The van der Waals surface area contributed by atoms with E-state index in [2.05, 4.69) is 17.6 Å². The third-order valence-corrected chi connectivity index (χ3v) is 5.64. The number of nitrogens with one attached hydrogen (secondary N) is 2. The molecule has 8 heteroatoms. The van der Waals surface area contributed by atoms with Gasteiger partial charge in [0.1, 0.15) is 11.5 Å². The molecule has 3 rings (SSSR count). The van der Waals surface area contributed by atoms with E-state index in [4.69, 9.17) is 9.47 Å². The summed E-state index contributed by atoms with van der Waals surface area (Å²) in [5, 5.41) is 6.42. The Balaban J connectivity index is 0.00000280. The fourth-order valence-corrected chi connectivity index (χ4v) is 3.73. The lowest BCUT2D eigenvalue weighted by atomic mass is 9.81. The molecule has 2 fully saturated rings. The van der Waals surface area contributed by atoms with Crippen molar-refractivity contribution in [3.63, 3.8) is 0 Å². The maximum Gasteiger partial charge on any atom is 0.227 e. The van der Waals surface area contributed by atoms with Crippen molar-refractivity contribution in [1.82, 2.24) is 10.6 Å². The first-order valence-corrected chi connectivity index (χ1v) is 9.46. The van der Waals surface area contributed by atoms with Gasteiger partial charge < -0.3 is 25.0 Å². The van der Waals surface area contributed by atoms with Crippen LogP contribution in [0.1, 0.15) is 26.2 Å². The number of anilines is 1. The van der Waals surface area contributed by atoms with Crippen LogP contribution in [0, 0.1) is 11.3 Å². The molecule has 7 nitrogen and oxygen atoms in total. The Labute approximate surface area is 172 Å². The first-order valence-electron chi connectivity index (χ1n) is 9.46. The number of piperidine rings is 1. The summed E-state index contributed by atoms with van der Waals surface area (Å²) < 4.78 is 10.6. The zero-order valence-corrected chi connectivity index (χ0v) is 17.6. The average molecular weight is 412 g/mol. The molecule has 2 aliphatic heterocycles. The van der Waals surface area contributed by atoms with E-state index in [9.17, 15) is 9.59 Å². The summed E-state index contributed by atoms with van der Waals surface area (Å²) in [6, 6.07) is 5.33. The van der Waals surface area contributed by atoms with Gasteiger partial charge in [-0.05, 0) is 31.3 Å². The van der Waals surface area contributed by atoms with Crippen molar-refractivity contribution in [2.45, 2.75) is 26.2 Å². The molecule has 0 radical (unpaired) electrons. The minimum atomic E-state index is -0.333. The summed E-state index contributed by atoms with van der Waals surface area (Å²) in [6.07, 6.45) is 2.32. The maximum atomic E-state index is 12.6. The van der Waals surface area contributed by atoms with Crippen LogP contribution in [0.15, 0.2) is 18.2 Å². The van der Waals surface area contributed by atoms with E-state index in [1.165, 1.54) is 0 Å². The van der Waals surface area contributed by atoms with Crippen LogP contribution in [0.3, 0.4) is 0 Å². The SMILES string of the molecule is COc1cc(OC)cc(N2CC(C(=O)NCC3(C)CCNCC3)CC2=O)c1.Cl. The molecule has 2 heterocycles. The molecule has 0 aliphatic carbocycles. The molecule has 2 N–H and O–H groups in total. The lowest BCUT2D eigenvalue weighted by molar-refractivity contribution is -0.126. The Bertz CT molecular complexity index is 684. The Morgan fingerprint density at radius 3 is 2.39 bits per heavy atom. The number of hydrogen-bond donors (Lipinski definition) is 2. The van der Waals surface area contributed by atoms with Gasteiger partial charge >= 0.3 is 0 Å². The Kier molecular flexibility index (Phi) is 7.55. The van der Waals surface area contributed by atoms with Gasteiger partial charge in [-0.25, -0.2) is 0 Å². The second-order valence-corrected chi connectivity index (χ2v) is 7.75. The smallest absolute Gasteiger partial charge is 0.227 e. The predicted molar refractivity (Wildman–Crippen MR) is 110 cm³/mol. The van der Waals surface area contributed by atoms with E-state index < -0.39 is 0 Å². The van der Waals surface area contributed by atoms with Crippen LogP contribution in [0.4, 0.5) is 5.69 Å². The second-order valence-electron chi connectivity index (χ2n) is 7.75. The van der Waals surface area contributed by atoms with E-state index in [0.29, 0.717) is 30.3 Å². The van der Waals surface area contributed by atoms with Crippen LogP contribution < -0.4 is 25.0 Å². The number of halogens is 1. The molecule has 156 valence electrons. The maximum absolute atomic E-state index is 12.6. The molecule has 1 unspecified atom stereocenters. The molecule has 28 heavy (non-hydrogen) atoms. The van der Waals surface area contributed by atoms with Gasteiger partial charge in [0.15, 0.2) is 0 Å². The zero-order valence-electron chi connectivity index (χ0n) is 16.7. The predicted octanol–water partition coefficient (Wildman–Crippen LogP) is 1.98. The highest BCUT2D eigenvalue weighted by atomic mass is 35.5. The molecule has 0 spiro atoms. The first kappa shape index (κ1) is 22.3. The van der Waals surface area contributed by atoms with Crippen molar-refractivity contribution in [3.05, 3.63) is 18.2 Å². The first-order chi connectivity index (χ1) is 12.9. The summed E-state index contributed by atoms with van der Waals surface area (Å²) in [5.74, 6) is 0.798. The summed E-state index contributed by atoms with van der Waals surface area (Å²) in [6.45, 7) is 5.21. The average Bonchev–Trinajstić information content (AvgIpc) is 3.08. The summed E-state index contributed by atoms with van der Waals surface area (Å²) >= 11 is 0. The number of carbonyl (C=O) groups is 2. The molecule has 2 amide bonds. The third kappa shape index (κ3) is 5.08. The molecular formula is C20H30ClN3O4. The molecule has 0 saturated carbocycles. The molecule has 0 bridgehead atoms. The fourth-order valence-electron chi connectivity index (χ4n) is 3.73. The van der Waals surface area contributed by atoms with Crippen LogP contribution in [-0.2, 0) is 9.59 Å². The molecule has 0 aromatic heterocycles. The van der Waals surface area contributed by atoms with E-state index in [-0.39, 0.29) is 42.0 Å². The normalized spacial score (nSPS) is 21.0. The number of carbonyl (C=O) groups excluding carboxylic acids is 2. The van der Waals surface area contributed by atoms with Crippen molar-refractivity contribution in [1.29, 1.82) is 0 Å². The summed E-state index contributed by atoms with van der Waals surface area (Å²) in [4.78, 5) is 26.8. The van der Waals surface area contributed by atoms with Gasteiger partial charge in [-0.2, -0.15) is 0 Å². The number of rotatable bonds is 6. The number of ether oxygens (including phenoxy) is 2. The molecule has 2 aliphatic rings. The quantitative estimate of drug-likeness (QED) is 0.748. The van der Waals surface area contributed by atoms with Gasteiger partial charge in [-0.15, -0.1) is 12.4 Å². The van der Waals surface area contributed by atoms with Gasteiger partial charge in [0.05, 0.1) is 25.8 Å². The summed E-state index contributed by atoms with van der Waals surface area (Å²) in [5.41, 5.74) is 0.820. The highest BCUT2D eigenvalue weighted by Gasteiger charge is 2.36. The van der Waals surface area contributed by atoms with Crippen molar-refractivity contribution in [2.75, 3.05) is 45.3 Å². The Morgan fingerprint density at radius 1 is 1.21 bits per heavy atom. The van der Waals surface area contributed by atoms with Crippen LogP contribution in [-0.4, -0.2) is 52.2 Å². The number of hydrogen-bond acceptors (Lipinski definition) is 5. The highest BCUT2D eigenvalue weighted by Crippen LogP contribution is 2.32. The van der Waals surface area contributed by atoms with Gasteiger partial charge in [0.25, 0.3) is 0 Å². The number of benzene rings is 1. The lowest BCUT2D eigenvalue weighted by Crippen LogP contribution is -2.44. The van der Waals surface area contributed by atoms with Gasteiger partial charge in [0.2, 0.25) is 11.8 Å². The van der Waals surface area contributed by atoms with Crippen molar-refractivity contribution in [2.24, 2.45) is 11.3 Å². The molecule has 1 atom stereocenters. The standard InChI is InChI=1S/C20H29N3O4.ClH/c1-20(4-6-21-7-5-20)13-22-19(25)14-8-18(24)23(12-14)15-9-16(26-2)11-17(10-15)27-3;/h9-11,14,21H,4-8,12-13H2,1-3H3,(H,22,25);1H. The Morgan fingerprint density at radius 2 is 1.82 bits per heavy atom. The number of nitrogens with zero attached hydrogens (tertiary/aromatic N) is 1. The zero-order chi connectivity index (χ0) is 19.4. The van der Waals surface area contributed by atoms with E-state index in [1.54, 1.807) is 37.3 Å². The summed E-state index contributed by atoms with van der Waals surface area (Å²) in [7, 11) is 3.14. The van der Waals surface area contributed by atoms with E-state index in [1.807, 2.05) is 0 Å². The second kappa shape index (κ2) is 9.47. The van der Waals surface area contributed by atoms with Crippen molar-refractivity contribution >= 4 is 29.9 Å². The minimum absolute atomic E-state index is 0. The molecule has 2 saturated heterocycles. The topological polar surface area (TPSA) is 79.9 Å². The van der Waals surface area contributed by atoms with Crippen LogP contribution in [0.25, 0.3) is 0 Å². The third-order valence-electron chi connectivity index (χ3n) is 5.64. The highest BCUT2D eigenvalue weighted by molar-refractivity contribution is 6.00. The van der Waals surface area contributed by atoms with Crippen LogP contribution >= 0.6 is 12.4 Å². The minimum Gasteiger partial charge on any atom is -0.497 e. The largest absolute Gasteiger partial charge is 0.497 e. The van der Waals surface area contributed by atoms with Gasteiger partial charge in [-0.1, -0.05) is 6.92 Å². The van der Waals surface area contributed by atoms with Gasteiger partial charge in [-0.3, -0.25) is 9.59 Å². The number of amides is 2. The van der Waals surface area contributed by atoms with E-state index >= 15 is 0 Å². The molecule has 1 aromatic carbocycles. The Hall–Kier alpha value is -1.99. The lowest BCUT2D eigenvalue weighted by Gasteiger charge is -2.34. The van der Waals surface area contributed by atoms with Crippen LogP contribution in [0.2, 0.25) is 0 Å². The number of methoxy groups -OCH3 is 2.